The van der Waals surface area contributed by atoms with E-state index in [9.17, 15) is 5.11 Å². The van der Waals surface area contributed by atoms with Gasteiger partial charge in [-0.15, -0.1) is 11.8 Å². The summed E-state index contributed by atoms with van der Waals surface area (Å²) in [7, 11) is 0. The summed E-state index contributed by atoms with van der Waals surface area (Å²) in [6.45, 7) is 0.321. The number of azide groups is 1. The van der Waals surface area contributed by atoms with Crippen LogP contribution in [0.2, 0.25) is 0 Å². The maximum atomic E-state index is 10.5. The highest BCUT2D eigenvalue weighted by atomic mass is 32.2. The van der Waals surface area contributed by atoms with E-state index in [-0.39, 0.29) is 6.10 Å². The number of nitrogens with zero attached hydrogens (tertiary/aromatic N) is 3. The fraction of sp³-hybridized carbons (Fsp3) is 0.571. The maximum absolute atomic E-state index is 10.5. The van der Waals surface area contributed by atoms with Gasteiger partial charge >= 0.3 is 0 Å². The molecule has 1 aromatic rings. The SMILES string of the molecule is CS[C@@H]1OC2COC(c3ccccc3)O[C@H]2[C@H](O)C1N=[N+]=[N-]. The molecule has 0 radical (unpaired) electrons. The lowest BCUT2D eigenvalue weighted by Crippen LogP contribution is -2.60. The Morgan fingerprint density at radius 3 is 2.77 bits per heavy atom. The molecule has 0 aliphatic carbocycles. The fourth-order valence-electron chi connectivity index (χ4n) is 2.73. The van der Waals surface area contributed by atoms with Gasteiger partial charge in [0.05, 0.1) is 12.7 Å². The third-order valence-corrected chi connectivity index (χ3v) is 4.68. The van der Waals surface area contributed by atoms with Gasteiger partial charge in [0.15, 0.2) is 6.29 Å². The summed E-state index contributed by atoms with van der Waals surface area (Å²) in [5.74, 6) is 0. The minimum atomic E-state index is -0.929. The summed E-state index contributed by atoms with van der Waals surface area (Å²) in [5, 5.41) is 14.2. The predicted molar refractivity (Wildman–Crippen MR) is 81.1 cm³/mol. The van der Waals surface area contributed by atoms with Crippen molar-refractivity contribution < 1.29 is 19.3 Å². The number of thioether (sulfide) groups is 1. The van der Waals surface area contributed by atoms with Gasteiger partial charge in [-0.1, -0.05) is 35.4 Å². The second kappa shape index (κ2) is 6.87. The number of aliphatic hydroxyl groups excluding tert-OH is 1. The van der Waals surface area contributed by atoms with Crippen molar-refractivity contribution in [3.8, 4) is 0 Å². The van der Waals surface area contributed by atoms with Crippen molar-refractivity contribution in [2.75, 3.05) is 12.9 Å². The van der Waals surface area contributed by atoms with E-state index in [1.807, 2.05) is 36.6 Å². The monoisotopic (exact) mass is 323 g/mol. The van der Waals surface area contributed by atoms with Crippen molar-refractivity contribution in [3.05, 3.63) is 46.3 Å². The summed E-state index contributed by atoms with van der Waals surface area (Å²) in [5.41, 5.74) is 9.16. The van der Waals surface area contributed by atoms with Crippen LogP contribution in [0.1, 0.15) is 11.9 Å². The molecule has 2 saturated heterocycles. The highest BCUT2D eigenvalue weighted by Gasteiger charge is 2.48. The molecule has 2 heterocycles. The Labute approximate surface area is 132 Å². The molecule has 118 valence electrons. The number of hydrogen-bond acceptors (Lipinski definition) is 6. The Balaban J connectivity index is 1.79. The van der Waals surface area contributed by atoms with Crippen LogP contribution < -0.4 is 0 Å². The quantitative estimate of drug-likeness (QED) is 0.522. The first-order valence-corrected chi connectivity index (χ1v) is 8.26. The van der Waals surface area contributed by atoms with Gasteiger partial charge in [0.25, 0.3) is 0 Å². The summed E-state index contributed by atoms with van der Waals surface area (Å²) in [6.07, 6.45) is -0.606. The van der Waals surface area contributed by atoms with Gasteiger partial charge in [-0.2, -0.15) is 0 Å². The van der Waals surface area contributed by atoms with Crippen LogP contribution in [0.3, 0.4) is 0 Å². The summed E-state index contributed by atoms with van der Waals surface area (Å²) < 4.78 is 17.4. The zero-order valence-electron chi connectivity index (χ0n) is 12.0. The van der Waals surface area contributed by atoms with Crippen LogP contribution in [0.25, 0.3) is 10.4 Å². The van der Waals surface area contributed by atoms with E-state index in [2.05, 4.69) is 10.0 Å². The first-order chi connectivity index (χ1) is 10.7. The van der Waals surface area contributed by atoms with E-state index in [0.29, 0.717) is 6.61 Å². The van der Waals surface area contributed by atoms with E-state index >= 15 is 0 Å². The summed E-state index contributed by atoms with van der Waals surface area (Å²) in [4.78, 5) is 2.81. The van der Waals surface area contributed by atoms with E-state index in [1.165, 1.54) is 11.8 Å². The third kappa shape index (κ3) is 2.94. The average molecular weight is 323 g/mol. The summed E-state index contributed by atoms with van der Waals surface area (Å²) in [6, 6.07) is 8.82. The average Bonchev–Trinajstić information content (AvgIpc) is 2.58. The molecule has 22 heavy (non-hydrogen) atoms. The van der Waals surface area contributed by atoms with Crippen LogP contribution in [-0.2, 0) is 14.2 Å². The molecule has 1 N–H and O–H groups in total. The van der Waals surface area contributed by atoms with Gasteiger partial charge in [0.1, 0.15) is 23.7 Å². The topological polar surface area (TPSA) is 96.7 Å². The standard InChI is InChI=1S/C14H17N3O4S/c1-22-14-10(16-17-15)11(18)12-9(20-14)7-19-13(21-12)8-5-3-2-4-6-8/h2-6,9-14,18H,7H2,1H3/t9?,10?,11-,12-,13?,14+/m1/s1. The third-order valence-electron chi connectivity index (χ3n) is 3.82. The van der Waals surface area contributed by atoms with Crippen LogP contribution in [0.4, 0.5) is 0 Å². The Morgan fingerprint density at radius 2 is 2.09 bits per heavy atom. The van der Waals surface area contributed by atoms with E-state index in [4.69, 9.17) is 19.7 Å². The number of ether oxygens (including phenoxy) is 3. The molecular weight excluding hydrogens is 306 g/mol. The molecule has 0 bridgehead atoms. The Kier molecular flexibility index (Phi) is 4.87. The van der Waals surface area contributed by atoms with Crippen LogP contribution in [-0.4, -0.2) is 47.8 Å². The van der Waals surface area contributed by atoms with E-state index < -0.39 is 30.0 Å². The van der Waals surface area contributed by atoms with Crippen LogP contribution in [0.5, 0.6) is 0 Å². The van der Waals surface area contributed by atoms with E-state index in [1.54, 1.807) is 0 Å². The van der Waals surface area contributed by atoms with Crippen LogP contribution >= 0.6 is 11.8 Å². The maximum Gasteiger partial charge on any atom is 0.184 e. The highest BCUT2D eigenvalue weighted by Crippen LogP contribution is 2.37. The largest absolute Gasteiger partial charge is 0.390 e. The van der Waals surface area contributed by atoms with Crippen molar-refractivity contribution in [2.45, 2.75) is 36.1 Å². The van der Waals surface area contributed by atoms with Crippen molar-refractivity contribution in [2.24, 2.45) is 5.11 Å². The Morgan fingerprint density at radius 1 is 1.32 bits per heavy atom. The number of rotatable bonds is 3. The molecule has 0 spiro atoms. The minimum Gasteiger partial charge on any atom is -0.390 e. The van der Waals surface area contributed by atoms with Gasteiger partial charge in [0, 0.05) is 10.5 Å². The van der Waals surface area contributed by atoms with Crippen LogP contribution in [0, 0.1) is 0 Å². The first kappa shape index (κ1) is 15.6. The van der Waals surface area contributed by atoms with Crippen molar-refractivity contribution in [3.63, 3.8) is 0 Å². The first-order valence-electron chi connectivity index (χ1n) is 6.97. The Hall–Kier alpha value is -1.28. The molecule has 0 aromatic heterocycles. The molecule has 2 aliphatic rings. The second-order valence-electron chi connectivity index (χ2n) is 5.14. The smallest absolute Gasteiger partial charge is 0.184 e. The normalized spacial score (nSPS) is 37.9. The van der Waals surface area contributed by atoms with Gasteiger partial charge in [-0.25, -0.2) is 0 Å². The second-order valence-corrected chi connectivity index (χ2v) is 6.08. The molecular formula is C14H17N3O4S. The lowest BCUT2D eigenvalue weighted by molar-refractivity contribution is -0.305. The zero-order chi connectivity index (χ0) is 15.5. The molecule has 3 unspecified atom stereocenters. The molecule has 0 amide bonds. The molecule has 8 heteroatoms. The number of benzene rings is 1. The van der Waals surface area contributed by atoms with Crippen molar-refractivity contribution in [1.29, 1.82) is 0 Å². The van der Waals surface area contributed by atoms with Gasteiger partial charge < -0.3 is 19.3 Å². The van der Waals surface area contributed by atoms with Gasteiger partial charge in [0.2, 0.25) is 0 Å². The van der Waals surface area contributed by atoms with Gasteiger partial charge in [-0.3, -0.25) is 0 Å². The molecule has 2 fully saturated rings. The predicted octanol–water partition coefficient (Wildman–Crippen LogP) is 2.23. The van der Waals surface area contributed by atoms with Crippen molar-refractivity contribution >= 4 is 11.8 Å². The molecule has 2 aliphatic heterocycles. The molecule has 7 nitrogen and oxygen atoms in total. The molecule has 3 rings (SSSR count). The molecule has 1 aromatic carbocycles. The molecule has 0 saturated carbocycles. The number of hydrogen-bond donors (Lipinski definition) is 1. The zero-order valence-corrected chi connectivity index (χ0v) is 12.8. The fourth-order valence-corrected chi connectivity index (χ4v) is 3.48. The summed E-state index contributed by atoms with van der Waals surface area (Å²) >= 11 is 1.39. The number of aliphatic hydroxyl groups is 1. The Bertz CT molecular complexity index is 554. The lowest BCUT2D eigenvalue weighted by Gasteiger charge is -2.46. The highest BCUT2D eigenvalue weighted by molar-refractivity contribution is 7.99. The number of fused-ring (bicyclic) bond motifs is 1. The van der Waals surface area contributed by atoms with Crippen LogP contribution in [0.15, 0.2) is 35.4 Å². The molecule has 6 atom stereocenters. The van der Waals surface area contributed by atoms with Crippen molar-refractivity contribution in [1.82, 2.24) is 0 Å². The minimum absolute atomic E-state index is 0.321. The lowest BCUT2D eigenvalue weighted by atomic mass is 9.97. The van der Waals surface area contributed by atoms with E-state index in [0.717, 1.165) is 5.56 Å². The van der Waals surface area contributed by atoms with Gasteiger partial charge in [-0.05, 0) is 11.8 Å².